The van der Waals surface area contributed by atoms with Crippen molar-refractivity contribution in [2.75, 3.05) is 0 Å². The van der Waals surface area contributed by atoms with E-state index in [1.807, 2.05) is 18.5 Å². The van der Waals surface area contributed by atoms with Gasteiger partial charge in [-0.05, 0) is 29.5 Å². The van der Waals surface area contributed by atoms with E-state index in [-0.39, 0.29) is 11.5 Å². The number of hydrogen-bond donors (Lipinski definition) is 2. The van der Waals surface area contributed by atoms with Gasteiger partial charge in [0.2, 0.25) is 0 Å². The highest BCUT2D eigenvalue weighted by Gasteiger charge is 2.46. The van der Waals surface area contributed by atoms with Crippen molar-refractivity contribution in [1.29, 1.82) is 0 Å². The van der Waals surface area contributed by atoms with Gasteiger partial charge < -0.3 is 10.4 Å². The van der Waals surface area contributed by atoms with Crippen molar-refractivity contribution in [3.05, 3.63) is 42.2 Å². The molecule has 0 radical (unpaired) electrons. The molecular formula is C16H20N2O. The third-order valence-electron chi connectivity index (χ3n) is 4.47. The van der Waals surface area contributed by atoms with E-state index >= 15 is 0 Å². The van der Waals surface area contributed by atoms with Gasteiger partial charge in [0, 0.05) is 35.8 Å². The first-order valence-corrected chi connectivity index (χ1v) is 6.81. The van der Waals surface area contributed by atoms with Crippen molar-refractivity contribution >= 4 is 10.8 Å². The first kappa shape index (κ1) is 12.6. The summed E-state index contributed by atoms with van der Waals surface area (Å²) < 4.78 is 0. The second kappa shape index (κ2) is 4.58. The summed E-state index contributed by atoms with van der Waals surface area (Å²) in [4.78, 5) is 4.12. The van der Waals surface area contributed by atoms with Gasteiger partial charge in [0.05, 0.1) is 6.10 Å². The van der Waals surface area contributed by atoms with Gasteiger partial charge in [0.1, 0.15) is 0 Å². The quantitative estimate of drug-likeness (QED) is 0.887. The Morgan fingerprint density at radius 2 is 2.16 bits per heavy atom. The summed E-state index contributed by atoms with van der Waals surface area (Å²) in [5, 5.41) is 15.7. The molecule has 1 aliphatic rings. The van der Waals surface area contributed by atoms with Crippen LogP contribution >= 0.6 is 0 Å². The zero-order valence-corrected chi connectivity index (χ0v) is 11.4. The fraction of sp³-hybridized carbons (Fsp3) is 0.438. The lowest BCUT2D eigenvalue weighted by Gasteiger charge is -2.49. The second-order valence-electron chi connectivity index (χ2n) is 6.06. The minimum absolute atomic E-state index is 0.0131. The summed E-state index contributed by atoms with van der Waals surface area (Å²) in [5.41, 5.74) is 1.26. The minimum Gasteiger partial charge on any atom is -0.392 e. The first-order valence-electron chi connectivity index (χ1n) is 6.81. The Bertz CT molecular complexity index is 594. The number of nitrogens with zero attached hydrogens (tertiary/aromatic N) is 1. The van der Waals surface area contributed by atoms with Crippen LogP contribution in [0.25, 0.3) is 10.8 Å². The fourth-order valence-corrected chi connectivity index (χ4v) is 2.73. The number of fused-ring (bicyclic) bond motifs is 1. The summed E-state index contributed by atoms with van der Waals surface area (Å²) >= 11 is 0. The monoisotopic (exact) mass is 256 g/mol. The van der Waals surface area contributed by atoms with Crippen LogP contribution in [0, 0.1) is 5.41 Å². The van der Waals surface area contributed by atoms with Gasteiger partial charge in [-0.15, -0.1) is 0 Å². The number of aromatic nitrogens is 1. The van der Waals surface area contributed by atoms with E-state index in [0.29, 0.717) is 6.04 Å². The van der Waals surface area contributed by atoms with Gasteiger partial charge in [0.25, 0.3) is 0 Å². The number of aliphatic hydroxyl groups is 1. The summed E-state index contributed by atoms with van der Waals surface area (Å²) in [6, 6.07) is 8.89. The molecule has 100 valence electrons. The molecule has 2 unspecified atom stereocenters. The molecule has 0 aliphatic heterocycles. The molecule has 1 fully saturated rings. The smallest absolute Gasteiger partial charge is 0.0621 e. The van der Waals surface area contributed by atoms with Crippen LogP contribution in [-0.4, -0.2) is 22.2 Å². The van der Waals surface area contributed by atoms with E-state index in [4.69, 9.17) is 0 Å². The highest BCUT2D eigenvalue weighted by Crippen LogP contribution is 2.40. The molecule has 1 aliphatic carbocycles. The zero-order chi connectivity index (χ0) is 13.5. The number of pyridine rings is 1. The first-order chi connectivity index (χ1) is 9.07. The van der Waals surface area contributed by atoms with Crippen LogP contribution in [-0.2, 0) is 6.54 Å². The second-order valence-corrected chi connectivity index (χ2v) is 6.06. The maximum absolute atomic E-state index is 9.74. The third kappa shape index (κ3) is 2.24. The Morgan fingerprint density at radius 1 is 1.32 bits per heavy atom. The molecule has 3 rings (SSSR count). The van der Waals surface area contributed by atoms with Gasteiger partial charge in [-0.3, -0.25) is 4.98 Å². The molecule has 2 atom stereocenters. The van der Waals surface area contributed by atoms with E-state index in [1.165, 1.54) is 16.3 Å². The average Bonchev–Trinajstić information content (AvgIpc) is 2.43. The van der Waals surface area contributed by atoms with Crippen molar-refractivity contribution < 1.29 is 5.11 Å². The molecule has 2 aromatic rings. The zero-order valence-electron chi connectivity index (χ0n) is 11.4. The Balaban J connectivity index is 1.69. The number of nitrogens with one attached hydrogen (secondary N) is 1. The highest BCUT2D eigenvalue weighted by atomic mass is 16.3. The van der Waals surface area contributed by atoms with E-state index in [0.717, 1.165) is 13.0 Å². The lowest BCUT2D eigenvalue weighted by molar-refractivity contribution is -0.0729. The van der Waals surface area contributed by atoms with Gasteiger partial charge in [-0.2, -0.15) is 0 Å². The maximum Gasteiger partial charge on any atom is 0.0621 e. The molecule has 0 saturated heterocycles. The number of benzene rings is 1. The van der Waals surface area contributed by atoms with E-state index in [9.17, 15) is 5.11 Å². The fourth-order valence-electron chi connectivity index (χ4n) is 2.73. The van der Waals surface area contributed by atoms with Crippen LogP contribution in [0.3, 0.4) is 0 Å². The standard InChI is InChI=1S/C16H20N2O/c1-16(2)14(8-15(16)19)18-9-11-3-4-13-10-17-6-5-12(13)7-11/h3-7,10,14-15,18-19H,8-9H2,1-2H3. The normalized spacial score (nSPS) is 25.2. The average molecular weight is 256 g/mol. The van der Waals surface area contributed by atoms with Crippen LogP contribution < -0.4 is 5.32 Å². The van der Waals surface area contributed by atoms with Crippen LogP contribution in [0.4, 0.5) is 0 Å². The molecule has 1 aromatic heterocycles. The van der Waals surface area contributed by atoms with Gasteiger partial charge >= 0.3 is 0 Å². The third-order valence-corrected chi connectivity index (χ3v) is 4.47. The van der Waals surface area contributed by atoms with Crippen molar-refractivity contribution in [1.82, 2.24) is 10.3 Å². The molecule has 2 N–H and O–H groups in total. The summed E-state index contributed by atoms with van der Waals surface area (Å²) in [6.45, 7) is 5.08. The Hall–Kier alpha value is -1.45. The number of rotatable bonds is 3. The lowest BCUT2D eigenvalue weighted by Crippen LogP contribution is -2.59. The van der Waals surface area contributed by atoms with Crippen molar-refractivity contribution in [3.8, 4) is 0 Å². The van der Waals surface area contributed by atoms with Crippen molar-refractivity contribution in [2.24, 2.45) is 5.41 Å². The molecule has 3 heteroatoms. The van der Waals surface area contributed by atoms with E-state index in [1.54, 1.807) is 0 Å². The largest absolute Gasteiger partial charge is 0.392 e. The number of aliphatic hydroxyl groups excluding tert-OH is 1. The summed E-state index contributed by atoms with van der Waals surface area (Å²) in [6.07, 6.45) is 4.39. The summed E-state index contributed by atoms with van der Waals surface area (Å²) in [5.74, 6) is 0. The lowest BCUT2D eigenvalue weighted by atomic mass is 9.64. The predicted molar refractivity (Wildman–Crippen MR) is 76.8 cm³/mol. The number of hydrogen-bond acceptors (Lipinski definition) is 3. The van der Waals surface area contributed by atoms with Crippen LogP contribution in [0.2, 0.25) is 0 Å². The van der Waals surface area contributed by atoms with Crippen LogP contribution in [0.15, 0.2) is 36.7 Å². The van der Waals surface area contributed by atoms with Crippen molar-refractivity contribution in [3.63, 3.8) is 0 Å². The SMILES string of the molecule is CC1(C)C(O)CC1NCc1ccc2cnccc2c1. The van der Waals surface area contributed by atoms with E-state index in [2.05, 4.69) is 42.3 Å². The molecule has 0 bridgehead atoms. The molecule has 3 nitrogen and oxygen atoms in total. The molecule has 1 heterocycles. The Kier molecular flexibility index (Phi) is 3.03. The van der Waals surface area contributed by atoms with Crippen LogP contribution in [0.5, 0.6) is 0 Å². The van der Waals surface area contributed by atoms with Crippen LogP contribution in [0.1, 0.15) is 25.8 Å². The molecule has 0 spiro atoms. The Labute approximate surface area is 113 Å². The highest BCUT2D eigenvalue weighted by molar-refractivity contribution is 5.81. The molecule has 1 aromatic carbocycles. The van der Waals surface area contributed by atoms with Crippen molar-refractivity contribution in [2.45, 2.75) is 39.0 Å². The van der Waals surface area contributed by atoms with Gasteiger partial charge in [-0.25, -0.2) is 0 Å². The van der Waals surface area contributed by atoms with Gasteiger partial charge in [-0.1, -0.05) is 26.0 Å². The maximum atomic E-state index is 9.74. The Morgan fingerprint density at radius 3 is 2.89 bits per heavy atom. The van der Waals surface area contributed by atoms with Gasteiger partial charge in [0.15, 0.2) is 0 Å². The molecule has 19 heavy (non-hydrogen) atoms. The summed E-state index contributed by atoms with van der Waals surface area (Å²) in [7, 11) is 0. The molecule has 0 amide bonds. The molecule has 1 saturated carbocycles. The topological polar surface area (TPSA) is 45.1 Å². The minimum atomic E-state index is -0.173. The molecular weight excluding hydrogens is 236 g/mol. The predicted octanol–water partition coefficient (Wildman–Crippen LogP) is 2.48. The van der Waals surface area contributed by atoms with E-state index < -0.39 is 0 Å².